The van der Waals surface area contributed by atoms with Gasteiger partial charge in [0.15, 0.2) is 11.5 Å². The lowest BCUT2D eigenvalue weighted by Crippen LogP contribution is -2.30. The Labute approximate surface area is 178 Å². The van der Waals surface area contributed by atoms with Crippen LogP contribution in [0.1, 0.15) is 50.2 Å². The molecule has 1 N–H and O–H groups in total. The molecule has 0 aliphatic heterocycles. The molecule has 3 nitrogen and oxygen atoms in total. The van der Waals surface area contributed by atoms with Crippen LogP contribution in [0.25, 0.3) is 0 Å². The Kier molecular flexibility index (Phi) is 9.36. The zero-order chi connectivity index (χ0) is 19.1. The van der Waals surface area contributed by atoms with E-state index < -0.39 is 0 Å². The highest BCUT2D eigenvalue weighted by atomic mass is 35.5. The van der Waals surface area contributed by atoms with Crippen molar-refractivity contribution in [1.82, 2.24) is 5.32 Å². The molecule has 3 rings (SSSR count). The van der Waals surface area contributed by atoms with Crippen molar-refractivity contribution < 1.29 is 13.9 Å². The van der Waals surface area contributed by atoms with E-state index in [1.54, 1.807) is 12.1 Å². The van der Waals surface area contributed by atoms with E-state index in [4.69, 9.17) is 21.1 Å². The Morgan fingerprint density at radius 3 is 2.43 bits per heavy atom. The van der Waals surface area contributed by atoms with Gasteiger partial charge in [0.2, 0.25) is 0 Å². The van der Waals surface area contributed by atoms with Crippen molar-refractivity contribution in [2.24, 2.45) is 0 Å². The minimum absolute atomic E-state index is 0. The molecule has 0 spiro atoms. The van der Waals surface area contributed by atoms with Gasteiger partial charge in [-0.15, -0.1) is 12.4 Å². The quantitative estimate of drug-likeness (QED) is 0.535. The van der Waals surface area contributed by atoms with Crippen molar-refractivity contribution in [3.05, 3.63) is 58.4 Å². The zero-order valence-electron chi connectivity index (χ0n) is 16.2. The van der Waals surface area contributed by atoms with Gasteiger partial charge in [-0.1, -0.05) is 43.0 Å². The van der Waals surface area contributed by atoms with Crippen LogP contribution in [0.5, 0.6) is 11.5 Å². The second kappa shape index (κ2) is 11.5. The molecule has 0 heterocycles. The molecule has 0 aromatic heterocycles. The minimum Gasteiger partial charge on any atom is -0.490 e. The summed E-state index contributed by atoms with van der Waals surface area (Å²) in [6.45, 7) is 3.54. The fourth-order valence-corrected chi connectivity index (χ4v) is 3.72. The number of ether oxygens (including phenoxy) is 2. The van der Waals surface area contributed by atoms with E-state index in [9.17, 15) is 4.39 Å². The summed E-state index contributed by atoms with van der Waals surface area (Å²) in [4.78, 5) is 0. The maximum absolute atomic E-state index is 13.0. The molecule has 2 aromatic carbocycles. The molecular formula is C22H28Cl2FNO2. The SMILES string of the molecule is CCOc1cc(CNC2CCCCC2)cc(Cl)c1OCc1ccc(F)cc1.Cl. The van der Waals surface area contributed by atoms with Gasteiger partial charge in [0.05, 0.1) is 11.6 Å². The summed E-state index contributed by atoms with van der Waals surface area (Å²) < 4.78 is 24.7. The van der Waals surface area contributed by atoms with Crippen LogP contribution in [0.15, 0.2) is 36.4 Å². The average Bonchev–Trinajstić information content (AvgIpc) is 2.68. The molecule has 0 atom stereocenters. The number of halogens is 3. The van der Waals surface area contributed by atoms with Crippen LogP contribution in [-0.2, 0) is 13.2 Å². The van der Waals surface area contributed by atoms with E-state index in [0.29, 0.717) is 35.8 Å². The van der Waals surface area contributed by atoms with Gasteiger partial charge >= 0.3 is 0 Å². The van der Waals surface area contributed by atoms with Gasteiger partial charge in [0, 0.05) is 12.6 Å². The van der Waals surface area contributed by atoms with Crippen molar-refractivity contribution in [3.63, 3.8) is 0 Å². The molecule has 1 fully saturated rings. The second-order valence-corrected chi connectivity index (χ2v) is 7.38. The van der Waals surface area contributed by atoms with Gasteiger partial charge in [-0.3, -0.25) is 0 Å². The topological polar surface area (TPSA) is 30.5 Å². The van der Waals surface area contributed by atoms with Crippen molar-refractivity contribution >= 4 is 24.0 Å². The number of nitrogens with one attached hydrogen (secondary N) is 1. The Morgan fingerprint density at radius 1 is 1.04 bits per heavy atom. The third kappa shape index (κ3) is 6.54. The first-order valence-corrected chi connectivity index (χ1v) is 10.1. The highest BCUT2D eigenvalue weighted by Gasteiger charge is 2.16. The Hall–Kier alpha value is -1.49. The Bertz CT molecular complexity index is 734. The maximum Gasteiger partial charge on any atom is 0.180 e. The molecule has 0 amide bonds. The van der Waals surface area contributed by atoms with Crippen LogP contribution in [0.3, 0.4) is 0 Å². The number of hydrogen-bond donors (Lipinski definition) is 1. The summed E-state index contributed by atoms with van der Waals surface area (Å²) in [5.41, 5.74) is 1.96. The van der Waals surface area contributed by atoms with Gasteiger partial charge in [-0.2, -0.15) is 0 Å². The lowest BCUT2D eigenvalue weighted by atomic mass is 9.95. The van der Waals surface area contributed by atoms with E-state index >= 15 is 0 Å². The van der Waals surface area contributed by atoms with Gasteiger partial charge in [-0.05, 0) is 55.2 Å². The van der Waals surface area contributed by atoms with Gasteiger partial charge in [0.1, 0.15) is 12.4 Å². The fourth-order valence-electron chi connectivity index (χ4n) is 3.43. The van der Waals surface area contributed by atoms with Crippen molar-refractivity contribution in [3.8, 4) is 11.5 Å². The summed E-state index contributed by atoms with van der Waals surface area (Å²) >= 11 is 6.49. The van der Waals surface area contributed by atoms with Crippen LogP contribution in [0, 0.1) is 5.82 Å². The van der Waals surface area contributed by atoms with Crippen LogP contribution < -0.4 is 14.8 Å². The normalized spacial score (nSPS) is 14.4. The zero-order valence-corrected chi connectivity index (χ0v) is 17.8. The molecule has 2 aromatic rings. The Balaban J connectivity index is 0.00000280. The summed E-state index contributed by atoms with van der Waals surface area (Å²) in [5, 5.41) is 4.16. The van der Waals surface area contributed by atoms with Crippen molar-refractivity contribution in [2.75, 3.05) is 6.61 Å². The molecule has 1 aliphatic carbocycles. The fraction of sp³-hybridized carbons (Fsp3) is 0.455. The molecule has 28 heavy (non-hydrogen) atoms. The molecule has 154 valence electrons. The van der Waals surface area contributed by atoms with E-state index in [1.807, 2.05) is 19.1 Å². The smallest absolute Gasteiger partial charge is 0.180 e. The molecule has 1 saturated carbocycles. The number of rotatable bonds is 8. The first kappa shape index (κ1) is 22.8. The monoisotopic (exact) mass is 427 g/mol. The number of hydrogen-bond acceptors (Lipinski definition) is 3. The van der Waals surface area contributed by atoms with E-state index in [0.717, 1.165) is 17.7 Å². The summed E-state index contributed by atoms with van der Waals surface area (Å²) in [6.07, 6.45) is 6.44. The van der Waals surface area contributed by atoms with Crippen LogP contribution >= 0.6 is 24.0 Å². The molecule has 1 aliphatic rings. The van der Waals surface area contributed by atoms with E-state index in [-0.39, 0.29) is 18.2 Å². The number of benzene rings is 2. The molecule has 0 bridgehead atoms. The van der Waals surface area contributed by atoms with Crippen molar-refractivity contribution in [2.45, 2.75) is 58.2 Å². The predicted molar refractivity (Wildman–Crippen MR) is 114 cm³/mol. The summed E-state index contributed by atoms with van der Waals surface area (Å²) in [7, 11) is 0. The van der Waals surface area contributed by atoms with Gasteiger partial charge in [-0.25, -0.2) is 4.39 Å². The highest BCUT2D eigenvalue weighted by molar-refractivity contribution is 6.32. The lowest BCUT2D eigenvalue weighted by molar-refractivity contribution is 0.269. The highest BCUT2D eigenvalue weighted by Crippen LogP contribution is 2.37. The predicted octanol–water partition coefficient (Wildman–Crippen LogP) is 6.30. The third-order valence-corrected chi connectivity index (χ3v) is 5.15. The molecule has 0 radical (unpaired) electrons. The van der Waals surface area contributed by atoms with Gasteiger partial charge in [0.25, 0.3) is 0 Å². The average molecular weight is 428 g/mol. The second-order valence-electron chi connectivity index (χ2n) is 6.97. The maximum atomic E-state index is 13.0. The van der Waals surface area contributed by atoms with Crippen LogP contribution in [0.2, 0.25) is 5.02 Å². The molecular weight excluding hydrogens is 400 g/mol. The largest absolute Gasteiger partial charge is 0.490 e. The van der Waals surface area contributed by atoms with E-state index in [1.165, 1.54) is 44.2 Å². The van der Waals surface area contributed by atoms with E-state index in [2.05, 4.69) is 5.32 Å². The van der Waals surface area contributed by atoms with Crippen molar-refractivity contribution in [1.29, 1.82) is 0 Å². The molecule has 0 unspecified atom stereocenters. The standard InChI is InChI=1S/C22H27ClFNO2.ClH/c1-2-26-21-13-17(14-25-19-6-4-3-5-7-19)12-20(23)22(21)27-15-16-8-10-18(24)11-9-16;/h8-13,19,25H,2-7,14-15H2,1H3;1H. The summed E-state index contributed by atoms with van der Waals surface area (Å²) in [6, 6.07) is 10.7. The third-order valence-electron chi connectivity index (χ3n) is 4.87. The first-order chi connectivity index (χ1) is 13.2. The molecule has 6 heteroatoms. The first-order valence-electron chi connectivity index (χ1n) is 9.71. The van der Waals surface area contributed by atoms with Crippen LogP contribution in [-0.4, -0.2) is 12.6 Å². The van der Waals surface area contributed by atoms with Gasteiger partial charge < -0.3 is 14.8 Å². The lowest BCUT2D eigenvalue weighted by Gasteiger charge is -2.23. The summed E-state index contributed by atoms with van der Waals surface area (Å²) in [5.74, 6) is 0.915. The Morgan fingerprint density at radius 2 is 1.75 bits per heavy atom. The molecule has 0 saturated heterocycles. The van der Waals surface area contributed by atoms with Crippen LogP contribution in [0.4, 0.5) is 4.39 Å². The minimum atomic E-state index is -0.262.